The average molecular weight is 249 g/mol. The van der Waals surface area contributed by atoms with Gasteiger partial charge >= 0.3 is 5.76 Å². The van der Waals surface area contributed by atoms with E-state index in [1.165, 1.54) is 11.6 Å². The average Bonchev–Trinajstić information content (AvgIpc) is 2.61. The first-order valence-corrected chi connectivity index (χ1v) is 5.59. The van der Waals surface area contributed by atoms with Gasteiger partial charge in [-0.2, -0.15) is 0 Å². The van der Waals surface area contributed by atoms with Crippen molar-refractivity contribution in [2.45, 2.75) is 12.8 Å². The Bertz CT molecular complexity index is 640. The highest BCUT2D eigenvalue weighted by atomic mass is 16.4. The highest BCUT2D eigenvalue weighted by Gasteiger charge is 2.08. The van der Waals surface area contributed by atoms with E-state index < -0.39 is 0 Å². The summed E-state index contributed by atoms with van der Waals surface area (Å²) in [5.41, 5.74) is 2.21. The van der Waals surface area contributed by atoms with E-state index in [2.05, 4.69) is 0 Å². The first-order chi connectivity index (χ1) is 8.49. The topological polar surface area (TPSA) is 81.5 Å². The third-order valence-corrected chi connectivity index (χ3v) is 2.88. The van der Waals surface area contributed by atoms with Crippen LogP contribution >= 0.6 is 0 Å². The highest BCUT2D eigenvalue weighted by molar-refractivity contribution is 5.76. The van der Waals surface area contributed by atoms with Crippen molar-refractivity contribution in [3.05, 3.63) is 34.3 Å². The van der Waals surface area contributed by atoms with Gasteiger partial charge in [-0.3, -0.25) is 14.4 Å². The van der Waals surface area contributed by atoms with Gasteiger partial charge in [-0.1, -0.05) is 6.07 Å². The Balaban J connectivity index is 2.21. The van der Waals surface area contributed by atoms with Gasteiger partial charge in [0.25, 0.3) is 0 Å². The van der Waals surface area contributed by atoms with E-state index in [9.17, 15) is 9.59 Å². The third kappa shape index (κ3) is 2.28. The van der Waals surface area contributed by atoms with Crippen LogP contribution in [0, 0.1) is 0 Å². The Labute approximate surface area is 104 Å². The lowest BCUT2D eigenvalue weighted by atomic mass is 10.1. The maximum Gasteiger partial charge on any atom is 0.419 e. The number of hydrogen-bond donors (Lipinski definition) is 1. The van der Waals surface area contributed by atoms with Crippen molar-refractivity contribution in [1.29, 1.82) is 0 Å². The molecule has 0 aliphatic heterocycles. The van der Waals surface area contributed by atoms with Gasteiger partial charge < -0.3 is 4.42 Å². The molecular formula is C12H15N3O3. The minimum atomic E-state index is -0.389. The Kier molecular flexibility index (Phi) is 3.20. The second kappa shape index (κ2) is 4.66. The molecule has 2 N–H and O–H groups in total. The summed E-state index contributed by atoms with van der Waals surface area (Å²) in [5.74, 6) is 4.81. The SMILES string of the molecule is CN(N)C(=O)CCc1ccc2c(c1)oc(=O)n2C. The molecule has 0 spiro atoms. The Morgan fingerprint density at radius 3 is 2.89 bits per heavy atom. The number of rotatable bonds is 3. The lowest BCUT2D eigenvalue weighted by Gasteiger charge is -2.09. The van der Waals surface area contributed by atoms with Crippen LogP contribution < -0.4 is 11.6 Å². The van der Waals surface area contributed by atoms with Crippen LogP contribution in [0.3, 0.4) is 0 Å². The van der Waals surface area contributed by atoms with Crippen LogP contribution in [0.4, 0.5) is 0 Å². The van der Waals surface area contributed by atoms with Crippen molar-refractivity contribution >= 4 is 17.0 Å². The van der Waals surface area contributed by atoms with Crippen LogP contribution in [0.5, 0.6) is 0 Å². The van der Waals surface area contributed by atoms with Crippen molar-refractivity contribution in [1.82, 2.24) is 9.58 Å². The summed E-state index contributed by atoms with van der Waals surface area (Å²) in [6, 6.07) is 5.47. The largest absolute Gasteiger partial charge is 0.419 e. The molecule has 0 saturated heterocycles. The van der Waals surface area contributed by atoms with E-state index in [0.717, 1.165) is 16.1 Å². The monoisotopic (exact) mass is 249 g/mol. The van der Waals surface area contributed by atoms with E-state index in [1.807, 2.05) is 12.1 Å². The lowest BCUT2D eigenvalue weighted by Crippen LogP contribution is -2.33. The maximum absolute atomic E-state index is 11.4. The van der Waals surface area contributed by atoms with E-state index in [0.29, 0.717) is 18.4 Å². The number of amides is 1. The number of benzene rings is 1. The van der Waals surface area contributed by atoms with Gasteiger partial charge in [0.15, 0.2) is 5.58 Å². The summed E-state index contributed by atoms with van der Waals surface area (Å²) in [6.07, 6.45) is 0.893. The van der Waals surface area contributed by atoms with Crippen LogP contribution in [-0.4, -0.2) is 22.5 Å². The Morgan fingerprint density at radius 1 is 1.50 bits per heavy atom. The predicted octanol–water partition coefficient (Wildman–Crippen LogP) is 0.396. The molecule has 1 aromatic heterocycles. The van der Waals surface area contributed by atoms with Gasteiger partial charge in [-0.15, -0.1) is 0 Å². The highest BCUT2D eigenvalue weighted by Crippen LogP contribution is 2.15. The first-order valence-electron chi connectivity index (χ1n) is 5.59. The molecule has 0 saturated carbocycles. The normalized spacial score (nSPS) is 10.8. The number of hydrogen-bond acceptors (Lipinski definition) is 4. The molecule has 0 unspecified atom stereocenters. The third-order valence-electron chi connectivity index (χ3n) is 2.88. The summed E-state index contributed by atoms with van der Waals surface area (Å²) in [6.45, 7) is 0. The second-order valence-corrected chi connectivity index (χ2v) is 4.23. The van der Waals surface area contributed by atoms with Crippen molar-refractivity contribution in [3.63, 3.8) is 0 Å². The summed E-state index contributed by atoms with van der Waals surface area (Å²) in [4.78, 5) is 22.7. The molecule has 0 aliphatic carbocycles. The number of carbonyl (C=O) groups excluding carboxylic acids is 1. The molecule has 96 valence electrons. The molecule has 1 amide bonds. The second-order valence-electron chi connectivity index (χ2n) is 4.23. The molecule has 2 rings (SSSR count). The molecule has 18 heavy (non-hydrogen) atoms. The molecular weight excluding hydrogens is 234 g/mol. The fourth-order valence-corrected chi connectivity index (χ4v) is 1.76. The van der Waals surface area contributed by atoms with Crippen LogP contribution in [0.1, 0.15) is 12.0 Å². The number of nitrogens with zero attached hydrogens (tertiary/aromatic N) is 2. The van der Waals surface area contributed by atoms with Crippen molar-refractivity contribution in [2.75, 3.05) is 7.05 Å². The molecule has 1 aromatic carbocycles. The van der Waals surface area contributed by atoms with Gasteiger partial charge in [-0.25, -0.2) is 10.6 Å². The molecule has 0 atom stereocenters. The fourth-order valence-electron chi connectivity index (χ4n) is 1.76. The quantitative estimate of drug-likeness (QED) is 0.485. The standard InChI is InChI=1S/C12H15N3O3/c1-14-9-5-3-8(4-6-11(16)15(2)13)7-10(9)18-12(14)17/h3,5,7H,4,6,13H2,1-2H3. The zero-order valence-electron chi connectivity index (χ0n) is 10.3. The summed E-state index contributed by atoms with van der Waals surface area (Å²) >= 11 is 0. The van der Waals surface area contributed by atoms with E-state index in [1.54, 1.807) is 13.1 Å². The Morgan fingerprint density at radius 2 is 2.22 bits per heavy atom. The van der Waals surface area contributed by atoms with E-state index in [-0.39, 0.29) is 11.7 Å². The van der Waals surface area contributed by atoms with Crippen molar-refractivity contribution < 1.29 is 9.21 Å². The number of aryl methyl sites for hydroxylation is 2. The number of aromatic nitrogens is 1. The number of hydrazine groups is 1. The van der Waals surface area contributed by atoms with Gasteiger partial charge in [-0.05, 0) is 24.1 Å². The van der Waals surface area contributed by atoms with Gasteiger partial charge in [0.1, 0.15) is 0 Å². The lowest BCUT2D eigenvalue weighted by molar-refractivity contribution is -0.130. The van der Waals surface area contributed by atoms with Crippen LogP contribution in [0.15, 0.2) is 27.4 Å². The minimum absolute atomic E-state index is 0.135. The van der Waals surface area contributed by atoms with Crippen LogP contribution in [0.25, 0.3) is 11.1 Å². The summed E-state index contributed by atoms with van der Waals surface area (Å²) in [7, 11) is 3.17. The van der Waals surface area contributed by atoms with E-state index in [4.69, 9.17) is 10.3 Å². The predicted molar refractivity (Wildman–Crippen MR) is 66.7 cm³/mol. The van der Waals surface area contributed by atoms with Gasteiger partial charge in [0, 0.05) is 20.5 Å². The fraction of sp³-hybridized carbons (Fsp3) is 0.333. The molecule has 2 aromatic rings. The first kappa shape index (κ1) is 12.4. The van der Waals surface area contributed by atoms with Crippen LogP contribution in [0.2, 0.25) is 0 Å². The zero-order chi connectivity index (χ0) is 13.3. The van der Waals surface area contributed by atoms with Crippen molar-refractivity contribution in [3.8, 4) is 0 Å². The number of oxazole rings is 1. The Hall–Kier alpha value is -2.08. The van der Waals surface area contributed by atoms with Gasteiger partial charge in [0.05, 0.1) is 5.52 Å². The molecule has 6 heteroatoms. The molecule has 6 nitrogen and oxygen atoms in total. The van der Waals surface area contributed by atoms with Gasteiger partial charge in [0.2, 0.25) is 5.91 Å². The minimum Gasteiger partial charge on any atom is -0.408 e. The summed E-state index contributed by atoms with van der Waals surface area (Å²) in [5, 5.41) is 1.07. The molecule has 0 fully saturated rings. The van der Waals surface area contributed by atoms with Crippen molar-refractivity contribution in [2.24, 2.45) is 12.9 Å². The number of nitrogens with two attached hydrogens (primary N) is 1. The number of carbonyl (C=O) groups is 1. The number of fused-ring (bicyclic) bond motifs is 1. The summed E-state index contributed by atoms with van der Waals surface area (Å²) < 4.78 is 6.52. The van der Waals surface area contributed by atoms with Crippen LogP contribution in [-0.2, 0) is 18.3 Å². The molecule has 0 radical (unpaired) electrons. The molecule has 0 bridgehead atoms. The van der Waals surface area contributed by atoms with E-state index >= 15 is 0 Å². The maximum atomic E-state index is 11.4. The molecule has 0 aliphatic rings. The molecule has 1 heterocycles. The smallest absolute Gasteiger partial charge is 0.408 e. The zero-order valence-corrected chi connectivity index (χ0v) is 10.3.